The monoisotopic (exact) mass is 327 g/mol. The zero-order valence-corrected chi connectivity index (χ0v) is 13.8. The van der Waals surface area contributed by atoms with Gasteiger partial charge >= 0.3 is 0 Å². The molecule has 1 N–H and O–H groups in total. The first kappa shape index (κ1) is 13.4. The summed E-state index contributed by atoms with van der Waals surface area (Å²) in [5.41, 5.74) is 3.32. The Kier molecular flexibility index (Phi) is 3.42. The highest BCUT2D eigenvalue weighted by Gasteiger charge is 2.23. The Hall–Kier alpha value is -2.04. The molecule has 1 saturated heterocycles. The first-order chi connectivity index (χ1) is 11.6. The summed E-state index contributed by atoms with van der Waals surface area (Å²) in [6.07, 6.45) is 0. The molecule has 0 saturated carbocycles. The molecule has 2 heterocycles. The van der Waals surface area contributed by atoms with E-state index in [2.05, 4.69) is 16.8 Å². The van der Waals surface area contributed by atoms with E-state index in [0.29, 0.717) is 5.02 Å². The Morgan fingerprint density at radius 3 is 2.70 bits per heavy atom. The highest BCUT2D eigenvalue weighted by Crippen LogP contribution is 2.36. The Bertz CT molecular complexity index is 799. The summed E-state index contributed by atoms with van der Waals surface area (Å²) in [6, 6.07) is 13.5. The van der Waals surface area contributed by atoms with Crippen molar-refractivity contribution in [3.05, 3.63) is 53.1 Å². The van der Waals surface area contributed by atoms with Crippen LogP contribution in [0.15, 0.2) is 47.5 Å². The lowest BCUT2D eigenvalue weighted by Crippen LogP contribution is -2.47. The Balaban J connectivity index is 1.88. The number of piperazine rings is 1. The molecule has 0 amide bonds. The standard InChI is InChI=1S/C18H19ClN4/c1-22-8-10-23(11-9-22)18-14-4-2-3-5-15(14)20-16-7-6-13(19)12-17(16)21-18/h2-7,12,20H,8-11H2,1H3/i/hD. The molecule has 2 aliphatic rings. The molecular weight excluding hydrogens is 308 g/mol. The van der Waals surface area contributed by atoms with Crippen LogP contribution >= 0.6 is 11.6 Å². The molecule has 118 valence electrons. The molecule has 1 fully saturated rings. The molecule has 0 aliphatic carbocycles. The van der Waals surface area contributed by atoms with Gasteiger partial charge in [0.05, 0.1) is 11.4 Å². The molecule has 2 aromatic rings. The van der Waals surface area contributed by atoms with Crippen molar-refractivity contribution in [1.29, 1.82) is 0 Å². The van der Waals surface area contributed by atoms with Crippen LogP contribution in [0.2, 0.25) is 6.43 Å². The quantitative estimate of drug-likeness (QED) is 0.800. The molecule has 2 aliphatic heterocycles. The summed E-state index contributed by atoms with van der Waals surface area (Å²) in [5, 5.41) is 2.09. The highest BCUT2D eigenvalue weighted by atomic mass is 35.5. The fourth-order valence-corrected chi connectivity index (χ4v) is 3.17. The molecule has 4 nitrogen and oxygen atoms in total. The number of para-hydroxylation sites is 1. The fourth-order valence-electron chi connectivity index (χ4n) is 3.00. The zero-order valence-electron chi connectivity index (χ0n) is 14.0. The van der Waals surface area contributed by atoms with Crippen molar-refractivity contribution in [1.82, 2.24) is 9.80 Å². The van der Waals surface area contributed by atoms with Gasteiger partial charge in [-0.1, -0.05) is 23.7 Å². The van der Waals surface area contributed by atoms with Gasteiger partial charge in [0.25, 0.3) is 0 Å². The average molecular weight is 328 g/mol. The van der Waals surface area contributed by atoms with Crippen LogP contribution in [0.25, 0.3) is 0 Å². The SMILES string of the molecule is [2H]N1c2ccc(Cl)cc2N=C(N2CCN(C)CC2)c2ccccc21. The van der Waals surface area contributed by atoms with Crippen LogP contribution in [0.4, 0.5) is 17.1 Å². The normalized spacial score (nSPS) is 18.7. The maximum atomic E-state index is 8.57. The van der Waals surface area contributed by atoms with E-state index in [-0.39, 0.29) is 0 Å². The van der Waals surface area contributed by atoms with Crippen molar-refractivity contribution in [2.24, 2.45) is 4.99 Å². The van der Waals surface area contributed by atoms with Crippen molar-refractivity contribution in [2.75, 3.05) is 38.5 Å². The predicted octanol–water partition coefficient (Wildman–Crippen LogP) is 3.72. The van der Waals surface area contributed by atoms with E-state index in [4.69, 9.17) is 18.0 Å². The van der Waals surface area contributed by atoms with Crippen LogP contribution in [0.5, 0.6) is 0 Å². The molecule has 0 aromatic heterocycles. The van der Waals surface area contributed by atoms with Crippen molar-refractivity contribution in [3.63, 3.8) is 0 Å². The van der Waals surface area contributed by atoms with Crippen molar-refractivity contribution < 1.29 is 1.41 Å². The van der Waals surface area contributed by atoms with E-state index in [0.717, 1.165) is 54.6 Å². The first-order valence-electron chi connectivity index (χ1n) is 8.28. The third-order valence-electron chi connectivity index (χ3n) is 4.35. The Morgan fingerprint density at radius 2 is 1.87 bits per heavy atom. The van der Waals surface area contributed by atoms with Gasteiger partial charge in [0.15, 0.2) is 1.41 Å². The number of rotatable bonds is 0. The van der Waals surface area contributed by atoms with E-state index < -0.39 is 0 Å². The van der Waals surface area contributed by atoms with Crippen LogP contribution < -0.4 is 5.31 Å². The maximum absolute atomic E-state index is 8.57. The van der Waals surface area contributed by atoms with Gasteiger partial charge < -0.3 is 15.1 Å². The largest absolute Gasteiger partial charge is 0.353 e. The lowest BCUT2D eigenvalue weighted by atomic mass is 10.1. The Morgan fingerprint density at radius 1 is 1.09 bits per heavy atom. The predicted molar refractivity (Wildman–Crippen MR) is 96.4 cm³/mol. The summed E-state index contributed by atoms with van der Waals surface area (Å²) in [5.74, 6) is 0.928. The lowest BCUT2D eigenvalue weighted by molar-refractivity contribution is 0.216. The van der Waals surface area contributed by atoms with Crippen LogP contribution in [0, 0.1) is 0 Å². The van der Waals surface area contributed by atoms with E-state index in [1.165, 1.54) is 5.31 Å². The van der Waals surface area contributed by atoms with Gasteiger partial charge in [0.1, 0.15) is 5.84 Å². The van der Waals surface area contributed by atoms with Gasteiger partial charge in [-0.3, -0.25) is 0 Å². The topological polar surface area (TPSA) is 30.9 Å². The van der Waals surface area contributed by atoms with Crippen molar-refractivity contribution in [3.8, 4) is 0 Å². The maximum Gasteiger partial charge on any atom is 0.167 e. The number of likely N-dealkylation sites (N-methyl/N-ethyl adjacent to an activating group) is 1. The number of nitrogens with one attached hydrogen (secondary N) is 1. The number of halogens is 1. The summed E-state index contributed by atoms with van der Waals surface area (Å²) in [6.45, 7) is 3.87. The number of aliphatic imine (C=N–C) groups is 1. The molecule has 0 spiro atoms. The second kappa shape index (κ2) is 5.87. The van der Waals surface area contributed by atoms with Crippen molar-refractivity contribution >= 4 is 34.5 Å². The number of amidine groups is 1. The van der Waals surface area contributed by atoms with E-state index in [1.807, 2.05) is 36.4 Å². The lowest BCUT2D eigenvalue weighted by Gasteiger charge is -2.34. The minimum atomic E-state index is 0.634. The molecule has 5 heteroatoms. The van der Waals surface area contributed by atoms with Gasteiger partial charge in [-0.2, -0.15) is 0 Å². The molecule has 0 radical (unpaired) electrons. The fraction of sp³-hybridized carbons (Fsp3) is 0.278. The van der Waals surface area contributed by atoms with Gasteiger partial charge in [-0.05, 0) is 37.4 Å². The molecule has 0 bridgehead atoms. The van der Waals surface area contributed by atoms with E-state index >= 15 is 0 Å². The Labute approximate surface area is 142 Å². The third kappa shape index (κ3) is 2.80. The summed E-state index contributed by atoms with van der Waals surface area (Å²) in [4.78, 5) is 9.55. The van der Waals surface area contributed by atoms with E-state index in [9.17, 15) is 0 Å². The van der Waals surface area contributed by atoms with E-state index in [1.54, 1.807) is 6.07 Å². The number of benzene rings is 2. The molecule has 2 aromatic carbocycles. The molecule has 4 rings (SSSR count). The smallest absolute Gasteiger partial charge is 0.167 e. The number of nitrogens with zero attached hydrogens (tertiary/aromatic N) is 3. The number of fused-ring (bicyclic) bond motifs is 2. The van der Waals surface area contributed by atoms with Crippen LogP contribution in [-0.4, -0.2) is 48.9 Å². The second-order valence-electron chi connectivity index (χ2n) is 5.99. The zero-order chi connectivity index (χ0) is 16.7. The third-order valence-corrected chi connectivity index (χ3v) is 4.59. The first-order valence-corrected chi connectivity index (χ1v) is 8.21. The van der Waals surface area contributed by atoms with Crippen molar-refractivity contribution in [2.45, 2.75) is 0 Å². The summed E-state index contributed by atoms with van der Waals surface area (Å²) < 4.78 is 8.57. The summed E-state index contributed by atoms with van der Waals surface area (Å²) in [7, 11) is 2.14. The van der Waals surface area contributed by atoms with Gasteiger partial charge in [0.2, 0.25) is 0 Å². The minimum Gasteiger partial charge on any atom is -0.353 e. The number of hydrogen-bond donors (Lipinski definition) is 1. The molecular formula is C18H19ClN4. The molecule has 0 atom stereocenters. The second-order valence-corrected chi connectivity index (χ2v) is 6.42. The molecule has 0 unspecified atom stereocenters. The van der Waals surface area contributed by atoms with Crippen LogP contribution in [0.1, 0.15) is 5.56 Å². The van der Waals surface area contributed by atoms with Crippen LogP contribution in [0.3, 0.4) is 0 Å². The average Bonchev–Trinajstić information content (AvgIpc) is 2.71. The minimum absolute atomic E-state index is 0.634. The van der Waals surface area contributed by atoms with Gasteiger partial charge in [-0.15, -0.1) is 0 Å². The van der Waals surface area contributed by atoms with Gasteiger partial charge in [-0.25, -0.2) is 4.99 Å². The highest BCUT2D eigenvalue weighted by molar-refractivity contribution is 6.31. The number of anilines is 2. The summed E-state index contributed by atoms with van der Waals surface area (Å²) >= 11 is 6.17. The molecule has 23 heavy (non-hydrogen) atoms. The van der Waals surface area contributed by atoms with Crippen LogP contribution in [-0.2, 0) is 0 Å². The number of hydrogen-bond acceptors (Lipinski definition) is 4. The van der Waals surface area contributed by atoms with Gasteiger partial charge in [0, 0.05) is 42.5 Å².